The number of benzene rings is 2. The van der Waals surface area contributed by atoms with Crippen molar-refractivity contribution in [2.45, 2.75) is 26.7 Å². The zero-order chi connectivity index (χ0) is 19.9. The Hall–Kier alpha value is -2.79. The second kappa shape index (κ2) is 6.99. The minimum Gasteiger partial charge on any atom is -0.497 e. The van der Waals surface area contributed by atoms with Gasteiger partial charge in [-0.15, -0.1) is 5.10 Å². The number of hydrogen-bond acceptors (Lipinski definition) is 4. The number of fused-ring (bicyclic) bond motifs is 1. The fourth-order valence-corrected chi connectivity index (χ4v) is 3.77. The third-order valence-electron chi connectivity index (χ3n) is 4.97. The van der Waals surface area contributed by atoms with Gasteiger partial charge in [-0.3, -0.25) is 4.79 Å². The number of hydrogen-bond donors (Lipinski definition) is 1. The number of anilines is 2. The number of ketones is 1. The van der Waals surface area contributed by atoms with Gasteiger partial charge in [0.25, 0.3) is 0 Å². The van der Waals surface area contributed by atoms with Crippen molar-refractivity contribution in [3.8, 4) is 11.4 Å². The van der Waals surface area contributed by atoms with Gasteiger partial charge in [0.1, 0.15) is 5.75 Å². The van der Waals surface area contributed by atoms with Crippen molar-refractivity contribution in [1.82, 2.24) is 9.78 Å². The van der Waals surface area contributed by atoms with Crippen LogP contribution in [0.4, 0.5) is 11.5 Å². The number of halogens is 1. The van der Waals surface area contributed by atoms with Crippen LogP contribution in [0.15, 0.2) is 48.5 Å². The molecule has 0 atom stereocenters. The highest BCUT2D eigenvalue weighted by Gasteiger charge is 2.36. The first-order valence-electron chi connectivity index (χ1n) is 9.18. The average molecular weight is 396 g/mol. The van der Waals surface area contributed by atoms with Crippen molar-refractivity contribution in [1.29, 1.82) is 0 Å². The molecule has 1 aliphatic rings. The molecule has 1 N–H and O–H groups in total. The largest absolute Gasteiger partial charge is 0.497 e. The molecule has 1 aromatic heterocycles. The van der Waals surface area contributed by atoms with Crippen molar-refractivity contribution in [2.75, 3.05) is 12.4 Å². The maximum Gasteiger partial charge on any atom is 0.169 e. The molecular formula is C22H22ClN3O2. The van der Waals surface area contributed by atoms with Gasteiger partial charge in [0.2, 0.25) is 0 Å². The number of rotatable bonds is 4. The van der Waals surface area contributed by atoms with E-state index in [9.17, 15) is 4.79 Å². The predicted octanol–water partition coefficient (Wildman–Crippen LogP) is 5.43. The molecule has 3 aromatic rings. The van der Waals surface area contributed by atoms with E-state index >= 15 is 0 Å². The Morgan fingerprint density at radius 2 is 1.75 bits per heavy atom. The molecular weight excluding hydrogens is 374 g/mol. The van der Waals surface area contributed by atoms with Gasteiger partial charge in [-0.1, -0.05) is 25.4 Å². The molecule has 28 heavy (non-hydrogen) atoms. The quantitative estimate of drug-likeness (QED) is 0.639. The number of carbonyl (C=O) groups excluding carboxylic acids is 1. The van der Waals surface area contributed by atoms with Crippen molar-refractivity contribution in [3.63, 3.8) is 0 Å². The highest BCUT2D eigenvalue weighted by molar-refractivity contribution is 6.30. The van der Waals surface area contributed by atoms with Crippen molar-refractivity contribution < 1.29 is 9.53 Å². The molecule has 2 aromatic carbocycles. The molecule has 144 valence electrons. The molecule has 0 aliphatic heterocycles. The monoisotopic (exact) mass is 395 g/mol. The Morgan fingerprint density at radius 1 is 1.07 bits per heavy atom. The molecule has 1 heterocycles. The van der Waals surface area contributed by atoms with Crippen LogP contribution >= 0.6 is 11.6 Å². The van der Waals surface area contributed by atoms with E-state index in [-0.39, 0.29) is 11.2 Å². The van der Waals surface area contributed by atoms with Crippen LogP contribution < -0.4 is 10.1 Å². The molecule has 5 nitrogen and oxygen atoms in total. The summed E-state index contributed by atoms with van der Waals surface area (Å²) < 4.78 is 7.07. The number of aromatic nitrogens is 2. The number of carbonyl (C=O) groups is 1. The van der Waals surface area contributed by atoms with E-state index in [2.05, 4.69) is 19.2 Å². The number of nitrogens with one attached hydrogen (secondary N) is 1. The van der Waals surface area contributed by atoms with Crippen LogP contribution in [0.2, 0.25) is 5.02 Å². The van der Waals surface area contributed by atoms with Gasteiger partial charge in [0.15, 0.2) is 11.6 Å². The molecule has 0 unspecified atom stereocenters. The van der Waals surface area contributed by atoms with Gasteiger partial charge in [-0.2, -0.15) is 0 Å². The summed E-state index contributed by atoms with van der Waals surface area (Å²) in [6.07, 6.45) is 1.28. The van der Waals surface area contributed by atoms with Gasteiger partial charge < -0.3 is 10.1 Å². The van der Waals surface area contributed by atoms with Gasteiger partial charge >= 0.3 is 0 Å². The van der Waals surface area contributed by atoms with Crippen LogP contribution in [0.1, 0.15) is 36.3 Å². The molecule has 0 radical (unpaired) electrons. The van der Waals surface area contributed by atoms with E-state index in [1.807, 2.05) is 53.2 Å². The third-order valence-corrected chi connectivity index (χ3v) is 5.22. The Balaban J connectivity index is 1.80. The van der Waals surface area contributed by atoms with Gasteiger partial charge in [-0.25, -0.2) is 4.68 Å². The zero-order valence-corrected chi connectivity index (χ0v) is 16.9. The first-order chi connectivity index (χ1) is 13.4. The van der Waals surface area contributed by atoms with Crippen molar-refractivity contribution in [2.24, 2.45) is 5.41 Å². The summed E-state index contributed by atoms with van der Waals surface area (Å²) >= 11 is 6.04. The number of methoxy groups -OCH3 is 1. The molecule has 0 saturated carbocycles. The Labute approximate surface area is 169 Å². The van der Waals surface area contributed by atoms with Gasteiger partial charge in [-0.05, 0) is 60.4 Å². The first-order valence-corrected chi connectivity index (χ1v) is 9.56. The number of nitrogens with zero attached hydrogens (tertiary/aromatic N) is 2. The number of Topliss-reactive ketones (excluding diaryl/α,β-unsaturated/α-hetero) is 1. The molecule has 0 bridgehead atoms. The van der Waals surface area contributed by atoms with Gasteiger partial charge in [0, 0.05) is 17.1 Å². The van der Waals surface area contributed by atoms with Crippen LogP contribution in [0.25, 0.3) is 5.69 Å². The van der Waals surface area contributed by atoms with Crippen LogP contribution in [0.5, 0.6) is 5.75 Å². The minimum atomic E-state index is -0.105. The second-order valence-electron chi connectivity index (χ2n) is 7.85. The lowest BCUT2D eigenvalue weighted by molar-refractivity contribution is 0.0912. The maximum absolute atomic E-state index is 13.0. The summed E-state index contributed by atoms with van der Waals surface area (Å²) in [7, 11) is 1.63. The predicted molar refractivity (Wildman–Crippen MR) is 111 cm³/mol. The molecule has 0 saturated heterocycles. The summed E-state index contributed by atoms with van der Waals surface area (Å²) in [4.78, 5) is 13.0. The molecule has 0 fully saturated rings. The average Bonchev–Trinajstić information content (AvgIpc) is 3.00. The smallest absolute Gasteiger partial charge is 0.169 e. The molecule has 1 aliphatic carbocycles. The van der Waals surface area contributed by atoms with E-state index in [0.717, 1.165) is 29.2 Å². The third kappa shape index (κ3) is 3.50. The number of ether oxygens (including phenoxy) is 1. The van der Waals surface area contributed by atoms with Crippen LogP contribution in [0, 0.1) is 5.41 Å². The lowest BCUT2D eigenvalue weighted by atomic mass is 9.76. The summed E-state index contributed by atoms with van der Waals surface area (Å²) in [5.74, 6) is 1.47. The fraction of sp³-hybridized carbons (Fsp3) is 0.273. The van der Waals surface area contributed by atoms with E-state index in [1.165, 1.54) is 0 Å². The van der Waals surface area contributed by atoms with E-state index in [0.29, 0.717) is 22.8 Å². The van der Waals surface area contributed by atoms with Gasteiger partial charge in [0.05, 0.1) is 24.1 Å². The molecule has 6 heteroatoms. The Morgan fingerprint density at radius 3 is 2.39 bits per heavy atom. The molecule has 0 spiro atoms. The van der Waals surface area contributed by atoms with Crippen molar-refractivity contribution in [3.05, 3.63) is 64.8 Å². The summed E-state index contributed by atoms with van der Waals surface area (Å²) in [5.41, 5.74) is 3.23. The Bertz CT molecular complexity index is 1020. The first kappa shape index (κ1) is 18.6. The summed E-state index contributed by atoms with van der Waals surface area (Å²) in [5, 5.41) is 8.73. The summed E-state index contributed by atoms with van der Waals surface area (Å²) in [6.45, 7) is 4.23. The lowest BCUT2D eigenvalue weighted by Crippen LogP contribution is -2.28. The standard InChI is InChI=1S/C22H22ClN3O2/c1-22(2)12-18-20(19(27)13-22)21(24-15-6-10-17(28-3)11-7-15)25-26(18)16-8-4-14(23)5-9-16/h4-11H,12-13H2,1-3H3,(H,24,25). The van der Waals surface area contributed by atoms with E-state index in [1.54, 1.807) is 7.11 Å². The maximum atomic E-state index is 13.0. The fourth-order valence-electron chi connectivity index (χ4n) is 3.64. The second-order valence-corrected chi connectivity index (χ2v) is 8.29. The molecule has 4 rings (SSSR count). The minimum absolute atomic E-state index is 0.105. The lowest BCUT2D eigenvalue weighted by Gasteiger charge is -2.29. The van der Waals surface area contributed by atoms with Crippen LogP contribution in [0.3, 0.4) is 0 Å². The SMILES string of the molecule is COc1ccc(Nc2nn(-c3ccc(Cl)cc3)c3c2C(=O)CC(C)(C)C3)cc1. The van der Waals surface area contributed by atoms with E-state index < -0.39 is 0 Å². The topological polar surface area (TPSA) is 56.1 Å². The van der Waals surface area contributed by atoms with E-state index in [4.69, 9.17) is 21.4 Å². The highest BCUT2D eigenvalue weighted by Crippen LogP contribution is 2.39. The zero-order valence-electron chi connectivity index (χ0n) is 16.1. The van der Waals surface area contributed by atoms with Crippen LogP contribution in [-0.4, -0.2) is 22.7 Å². The van der Waals surface area contributed by atoms with Crippen molar-refractivity contribution >= 4 is 28.9 Å². The molecule has 0 amide bonds. The normalized spacial score (nSPS) is 15.2. The summed E-state index contributed by atoms with van der Waals surface area (Å²) in [6, 6.07) is 15.0. The van der Waals surface area contributed by atoms with Crippen LogP contribution in [-0.2, 0) is 6.42 Å². The Kier molecular flexibility index (Phi) is 4.63. The highest BCUT2D eigenvalue weighted by atomic mass is 35.5.